The van der Waals surface area contributed by atoms with E-state index >= 15 is 0 Å². The van der Waals surface area contributed by atoms with Crippen molar-refractivity contribution in [1.29, 1.82) is 0 Å². The van der Waals surface area contributed by atoms with Gasteiger partial charge in [0.25, 0.3) is 0 Å². The molecule has 1 atom stereocenters. The second kappa shape index (κ2) is 4.02. The van der Waals surface area contributed by atoms with E-state index in [2.05, 4.69) is 6.92 Å². The van der Waals surface area contributed by atoms with Crippen LogP contribution < -0.4 is 0 Å². The summed E-state index contributed by atoms with van der Waals surface area (Å²) < 4.78 is 0. The maximum Gasteiger partial charge on any atom is 0.146 e. The number of hydrogen-bond acceptors (Lipinski definition) is 2. The smallest absolute Gasteiger partial charge is 0.146 e. The van der Waals surface area contributed by atoms with Gasteiger partial charge < -0.3 is 0 Å². The molecule has 0 saturated carbocycles. The molecular weight excluding hydrogens is 144 g/mol. The van der Waals surface area contributed by atoms with Crippen LogP contribution in [0.5, 0.6) is 0 Å². The maximum atomic E-state index is 11.1. The van der Waals surface area contributed by atoms with Gasteiger partial charge in [-0.15, -0.1) is 0 Å². The summed E-state index contributed by atoms with van der Waals surface area (Å²) in [6, 6.07) is 0. The first-order valence-electron chi connectivity index (χ1n) is 3.95. The molecular formula is C8H14OS. The number of Topliss-reactive ketones (excluding diaryl/α,β-unsaturated/α-hetero) is 1. The van der Waals surface area contributed by atoms with E-state index in [0.29, 0.717) is 11.7 Å². The summed E-state index contributed by atoms with van der Waals surface area (Å²) >= 11 is 1.79. The van der Waals surface area contributed by atoms with Crippen LogP contribution in [0, 0.1) is 5.92 Å². The monoisotopic (exact) mass is 158 g/mol. The van der Waals surface area contributed by atoms with Crippen molar-refractivity contribution in [2.45, 2.75) is 26.2 Å². The van der Waals surface area contributed by atoms with Crippen LogP contribution in [-0.4, -0.2) is 17.3 Å². The first-order valence-corrected chi connectivity index (χ1v) is 5.10. The second-order valence-corrected chi connectivity index (χ2v) is 3.85. The van der Waals surface area contributed by atoms with Gasteiger partial charge in [0.05, 0.1) is 5.75 Å². The second-order valence-electron chi connectivity index (χ2n) is 2.82. The van der Waals surface area contributed by atoms with Crippen molar-refractivity contribution in [1.82, 2.24) is 0 Å². The molecule has 0 aromatic carbocycles. The molecule has 1 unspecified atom stereocenters. The maximum absolute atomic E-state index is 11.1. The van der Waals surface area contributed by atoms with Crippen molar-refractivity contribution in [3.8, 4) is 0 Å². The lowest BCUT2D eigenvalue weighted by atomic mass is 10.0. The molecule has 1 aliphatic rings. The van der Waals surface area contributed by atoms with Crippen molar-refractivity contribution in [2.75, 3.05) is 11.5 Å². The molecule has 1 nitrogen and oxygen atoms in total. The largest absolute Gasteiger partial charge is 0.298 e. The topological polar surface area (TPSA) is 17.1 Å². The lowest BCUT2D eigenvalue weighted by molar-refractivity contribution is -0.119. The number of hydrogen-bond donors (Lipinski definition) is 0. The predicted molar refractivity (Wildman–Crippen MR) is 45.3 cm³/mol. The Labute approximate surface area is 66.6 Å². The van der Waals surface area contributed by atoms with Gasteiger partial charge in [-0.2, -0.15) is 11.8 Å². The Morgan fingerprint density at radius 1 is 1.70 bits per heavy atom. The SMILES string of the molecule is CCCCC1CSCC1=O. The third kappa shape index (κ3) is 2.01. The van der Waals surface area contributed by atoms with E-state index in [-0.39, 0.29) is 0 Å². The van der Waals surface area contributed by atoms with Gasteiger partial charge >= 0.3 is 0 Å². The number of unbranched alkanes of at least 4 members (excludes halogenated alkanes) is 1. The van der Waals surface area contributed by atoms with Crippen molar-refractivity contribution in [2.24, 2.45) is 5.92 Å². The standard InChI is InChI=1S/C8H14OS/c1-2-3-4-7-5-10-6-8(7)9/h7H,2-6H2,1H3. The van der Waals surface area contributed by atoms with Crippen LogP contribution in [0.4, 0.5) is 0 Å². The van der Waals surface area contributed by atoms with Crippen LogP contribution in [0.1, 0.15) is 26.2 Å². The first kappa shape index (κ1) is 8.12. The van der Waals surface area contributed by atoms with E-state index in [1.807, 2.05) is 0 Å². The summed E-state index contributed by atoms with van der Waals surface area (Å²) in [4.78, 5) is 11.1. The Bertz CT molecular complexity index is 122. The van der Waals surface area contributed by atoms with Crippen LogP contribution in [0.25, 0.3) is 0 Å². The van der Waals surface area contributed by atoms with Gasteiger partial charge in [0, 0.05) is 11.7 Å². The first-order chi connectivity index (χ1) is 4.84. The number of carbonyl (C=O) groups excluding carboxylic acids is 1. The van der Waals surface area contributed by atoms with Crippen molar-refractivity contribution in [3.05, 3.63) is 0 Å². The molecule has 1 heterocycles. The molecule has 0 radical (unpaired) electrons. The van der Waals surface area contributed by atoms with Crippen LogP contribution in [0.2, 0.25) is 0 Å². The Kier molecular flexibility index (Phi) is 3.26. The fourth-order valence-electron chi connectivity index (χ4n) is 1.21. The number of ketones is 1. The van der Waals surface area contributed by atoms with Gasteiger partial charge in [0.2, 0.25) is 0 Å². The Morgan fingerprint density at radius 2 is 2.50 bits per heavy atom. The fraction of sp³-hybridized carbons (Fsp3) is 0.875. The van der Waals surface area contributed by atoms with Crippen molar-refractivity contribution in [3.63, 3.8) is 0 Å². The molecule has 0 spiro atoms. The molecule has 0 bridgehead atoms. The minimum atomic E-state index is 0.407. The summed E-state index contributed by atoms with van der Waals surface area (Å²) in [6.45, 7) is 2.17. The van der Waals surface area contributed by atoms with E-state index in [9.17, 15) is 4.79 Å². The van der Waals surface area contributed by atoms with Gasteiger partial charge in [-0.05, 0) is 6.42 Å². The third-order valence-electron chi connectivity index (χ3n) is 1.92. The predicted octanol–water partition coefficient (Wildman–Crippen LogP) is 2.11. The summed E-state index contributed by atoms with van der Waals surface area (Å²) in [6.07, 6.45) is 3.56. The zero-order chi connectivity index (χ0) is 7.40. The molecule has 1 fully saturated rings. The lowest BCUT2D eigenvalue weighted by Gasteiger charge is -2.03. The van der Waals surface area contributed by atoms with E-state index in [0.717, 1.165) is 17.9 Å². The zero-order valence-corrected chi connectivity index (χ0v) is 7.25. The Balaban J connectivity index is 2.20. The highest BCUT2D eigenvalue weighted by atomic mass is 32.2. The van der Waals surface area contributed by atoms with Gasteiger partial charge in [-0.1, -0.05) is 19.8 Å². The van der Waals surface area contributed by atoms with Crippen LogP contribution in [0.15, 0.2) is 0 Å². The van der Waals surface area contributed by atoms with Crippen LogP contribution in [0.3, 0.4) is 0 Å². The molecule has 2 heteroatoms. The molecule has 1 rings (SSSR count). The average Bonchev–Trinajstić information content (AvgIpc) is 2.31. The minimum absolute atomic E-state index is 0.407. The van der Waals surface area contributed by atoms with Crippen LogP contribution in [-0.2, 0) is 4.79 Å². The third-order valence-corrected chi connectivity index (χ3v) is 3.05. The number of thioether (sulfide) groups is 1. The molecule has 58 valence electrons. The highest BCUT2D eigenvalue weighted by molar-refractivity contribution is 8.00. The minimum Gasteiger partial charge on any atom is -0.298 e. The van der Waals surface area contributed by atoms with E-state index < -0.39 is 0 Å². The zero-order valence-electron chi connectivity index (χ0n) is 6.43. The Hall–Kier alpha value is 0.0200. The normalized spacial score (nSPS) is 25.7. The summed E-state index contributed by atoms with van der Waals surface area (Å²) in [7, 11) is 0. The molecule has 0 aromatic rings. The molecule has 1 aliphatic heterocycles. The van der Waals surface area contributed by atoms with E-state index in [1.54, 1.807) is 11.8 Å². The number of rotatable bonds is 3. The molecule has 0 N–H and O–H groups in total. The molecule has 10 heavy (non-hydrogen) atoms. The Morgan fingerprint density at radius 3 is 3.00 bits per heavy atom. The highest BCUT2D eigenvalue weighted by Crippen LogP contribution is 2.24. The van der Waals surface area contributed by atoms with Gasteiger partial charge in [0.1, 0.15) is 5.78 Å². The van der Waals surface area contributed by atoms with Crippen molar-refractivity contribution < 1.29 is 4.79 Å². The fourth-order valence-corrected chi connectivity index (χ4v) is 2.40. The van der Waals surface area contributed by atoms with Crippen molar-refractivity contribution >= 4 is 17.5 Å². The highest BCUT2D eigenvalue weighted by Gasteiger charge is 2.23. The summed E-state index contributed by atoms with van der Waals surface area (Å²) in [5, 5.41) is 0. The molecule has 1 saturated heterocycles. The van der Waals surface area contributed by atoms with Gasteiger partial charge in [0.15, 0.2) is 0 Å². The molecule has 0 aromatic heterocycles. The quantitative estimate of drug-likeness (QED) is 0.625. The average molecular weight is 158 g/mol. The van der Waals surface area contributed by atoms with E-state index in [1.165, 1.54) is 12.8 Å². The van der Waals surface area contributed by atoms with Crippen LogP contribution >= 0.6 is 11.8 Å². The lowest BCUT2D eigenvalue weighted by Crippen LogP contribution is -2.10. The molecule has 0 amide bonds. The summed E-state index contributed by atoms with van der Waals surface area (Å²) in [5.74, 6) is 2.75. The number of carbonyl (C=O) groups is 1. The summed E-state index contributed by atoms with van der Waals surface area (Å²) in [5.41, 5.74) is 0. The van der Waals surface area contributed by atoms with Gasteiger partial charge in [-0.25, -0.2) is 0 Å². The van der Waals surface area contributed by atoms with Gasteiger partial charge in [-0.3, -0.25) is 4.79 Å². The molecule has 0 aliphatic carbocycles. The van der Waals surface area contributed by atoms with E-state index in [4.69, 9.17) is 0 Å².